The van der Waals surface area contributed by atoms with Crippen molar-refractivity contribution in [2.45, 2.75) is 18.0 Å². The van der Waals surface area contributed by atoms with Crippen LogP contribution in [0.1, 0.15) is 11.1 Å². The molecule has 0 aliphatic carbocycles. The third-order valence-corrected chi connectivity index (χ3v) is 4.44. The highest BCUT2D eigenvalue weighted by Crippen LogP contribution is 2.25. The van der Waals surface area contributed by atoms with Crippen molar-refractivity contribution in [3.05, 3.63) is 41.9 Å². The largest absolute Gasteiger partial charge is 0.334 e. The van der Waals surface area contributed by atoms with Crippen LogP contribution in [0.5, 0.6) is 0 Å². The molecule has 1 aromatic carbocycles. The van der Waals surface area contributed by atoms with Crippen LogP contribution in [0.2, 0.25) is 0 Å². The maximum absolute atomic E-state index is 12.2. The van der Waals surface area contributed by atoms with E-state index in [9.17, 15) is 8.42 Å². The summed E-state index contributed by atoms with van der Waals surface area (Å²) in [5.74, 6) is 0. The predicted octanol–water partition coefficient (Wildman–Crippen LogP) is 0.856. The van der Waals surface area contributed by atoms with Crippen LogP contribution in [0, 0.1) is 0 Å². The fraction of sp³-hybridized carbons (Fsp3) is 0.250. The van der Waals surface area contributed by atoms with Crippen LogP contribution in [0.15, 0.2) is 35.7 Å². The molecule has 3 N–H and O–H groups in total. The van der Waals surface area contributed by atoms with Gasteiger partial charge in [0.05, 0.1) is 18.2 Å². The zero-order valence-corrected chi connectivity index (χ0v) is 11.0. The average Bonchev–Trinajstić information content (AvgIpc) is 2.93. The first-order chi connectivity index (χ1) is 9.17. The number of H-pyrrole nitrogens is 1. The number of sulfonamides is 1. The minimum absolute atomic E-state index is 0.0686. The van der Waals surface area contributed by atoms with E-state index in [0.29, 0.717) is 5.69 Å². The molecule has 0 fully saturated rings. The number of fused-ring (bicyclic) bond motifs is 1. The van der Waals surface area contributed by atoms with E-state index in [-0.39, 0.29) is 5.03 Å². The highest BCUT2D eigenvalue weighted by Gasteiger charge is 2.19. The predicted molar refractivity (Wildman–Crippen MR) is 71.2 cm³/mol. The van der Waals surface area contributed by atoms with Gasteiger partial charge in [0.25, 0.3) is 10.0 Å². The van der Waals surface area contributed by atoms with Crippen LogP contribution in [-0.2, 0) is 23.0 Å². The van der Waals surface area contributed by atoms with Gasteiger partial charge in [-0.1, -0.05) is 12.1 Å². The lowest BCUT2D eigenvalue weighted by Crippen LogP contribution is -2.25. The molecule has 0 spiro atoms. The minimum atomic E-state index is -3.59. The van der Waals surface area contributed by atoms with Crippen molar-refractivity contribution in [1.29, 1.82) is 0 Å². The molecule has 0 saturated heterocycles. The topological polar surface area (TPSA) is 86.9 Å². The van der Waals surface area contributed by atoms with Gasteiger partial charge in [0, 0.05) is 6.54 Å². The summed E-state index contributed by atoms with van der Waals surface area (Å²) in [6.07, 6.45) is 3.45. The molecule has 3 rings (SSSR count). The van der Waals surface area contributed by atoms with Gasteiger partial charge in [-0.15, -0.1) is 0 Å². The van der Waals surface area contributed by atoms with Gasteiger partial charge in [-0.2, -0.15) is 8.42 Å². The Balaban J connectivity index is 1.96. The lowest BCUT2D eigenvalue weighted by molar-refractivity contribution is 0.598. The van der Waals surface area contributed by atoms with Crippen molar-refractivity contribution in [2.24, 2.45) is 0 Å². The van der Waals surface area contributed by atoms with Crippen molar-refractivity contribution in [1.82, 2.24) is 15.3 Å². The molecule has 1 aliphatic heterocycles. The van der Waals surface area contributed by atoms with E-state index in [1.165, 1.54) is 12.5 Å². The van der Waals surface area contributed by atoms with E-state index in [4.69, 9.17) is 0 Å². The molecule has 1 aliphatic rings. The maximum Gasteiger partial charge on any atom is 0.278 e. The molecule has 0 saturated carbocycles. The van der Waals surface area contributed by atoms with Crippen LogP contribution >= 0.6 is 0 Å². The smallest absolute Gasteiger partial charge is 0.278 e. The van der Waals surface area contributed by atoms with Gasteiger partial charge in [0.2, 0.25) is 0 Å². The Bertz CT molecular complexity index is 680. The maximum atomic E-state index is 12.2. The lowest BCUT2D eigenvalue weighted by atomic mass is 9.99. The monoisotopic (exact) mass is 278 g/mol. The minimum Gasteiger partial charge on any atom is -0.334 e. The summed E-state index contributed by atoms with van der Waals surface area (Å²) in [5.41, 5.74) is 2.84. The molecule has 0 bridgehead atoms. The van der Waals surface area contributed by atoms with E-state index >= 15 is 0 Å². The zero-order chi connectivity index (χ0) is 13.3. The van der Waals surface area contributed by atoms with E-state index in [0.717, 1.165) is 30.6 Å². The second-order valence-electron chi connectivity index (χ2n) is 4.39. The molecule has 0 radical (unpaired) electrons. The fourth-order valence-electron chi connectivity index (χ4n) is 2.22. The van der Waals surface area contributed by atoms with Crippen LogP contribution in [0.4, 0.5) is 5.69 Å². The Hall–Kier alpha value is -1.86. The number of aromatic nitrogens is 2. The quantitative estimate of drug-likeness (QED) is 0.777. The lowest BCUT2D eigenvalue weighted by Gasteiger charge is -2.20. The van der Waals surface area contributed by atoms with Gasteiger partial charge in [0.15, 0.2) is 5.03 Å². The summed E-state index contributed by atoms with van der Waals surface area (Å²) in [5, 5.41) is 3.33. The summed E-state index contributed by atoms with van der Waals surface area (Å²) in [7, 11) is -3.59. The molecule has 7 heteroatoms. The Morgan fingerprint density at radius 3 is 3.00 bits per heavy atom. The molecule has 19 heavy (non-hydrogen) atoms. The van der Waals surface area contributed by atoms with Crippen molar-refractivity contribution < 1.29 is 8.42 Å². The summed E-state index contributed by atoms with van der Waals surface area (Å²) in [4.78, 5) is 6.34. The molecule has 100 valence electrons. The van der Waals surface area contributed by atoms with Crippen LogP contribution < -0.4 is 10.0 Å². The van der Waals surface area contributed by atoms with E-state index in [1.54, 1.807) is 6.07 Å². The molecular formula is C12H14N4O2S. The Morgan fingerprint density at radius 1 is 1.32 bits per heavy atom. The first-order valence-corrected chi connectivity index (χ1v) is 7.48. The first-order valence-electron chi connectivity index (χ1n) is 5.99. The van der Waals surface area contributed by atoms with Gasteiger partial charge in [-0.3, -0.25) is 4.72 Å². The third-order valence-electron chi connectivity index (χ3n) is 3.15. The molecule has 2 heterocycles. The molecular weight excluding hydrogens is 264 g/mol. The average molecular weight is 278 g/mol. The number of anilines is 1. The highest BCUT2D eigenvalue weighted by atomic mass is 32.2. The number of aromatic amines is 1. The molecule has 0 atom stereocenters. The molecule has 0 amide bonds. The van der Waals surface area contributed by atoms with Crippen molar-refractivity contribution in [2.75, 3.05) is 11.3 Å². The van der Waals surface area contributed by atoms with Crippen LogP contribution in [0.25, 0.3) is 0 Å². The number of imidazole rings is 1. The van der Waals surface area contributed by atoms with Gasteiger partial charge >= 0.3 is 0 Å². The Kier molecular flexibility index (Phi) is 3.00. The molecule has 0 unspecified atom stereocenters. The van der Waals surface area contributed by atoms with Gasteiger partial charge in [-0.25, -0.2) is 4.98 Å². The number of benzene rings is 1. The van der Waals surface area contributed by atoms with E-state index in [1.807, 2.05) is 12.1 Å². The van der Waals surface area contributed by atoms with Gasteiger partial charge < -0.3 is 10.3 Å². The first kappa shape index (κ1) is 12.2. The summed E-state index contributed by atoms with van der Waals surface area (Å²) in [6, 6.07) is 5.66. The van der Waals surface area contributed by atoms with Crippen LogP contribution in [-0.4, -0.2) is 24.9 Å². The Morgan fingerprint density at radius 2 is 2.21 bits per heavy atom. The molecule has 6 nitrogen and oxygen atoms in total. The zero-order valence-electron chi connectivity index (χ0n) is 10.2. The molecule has 2 aromatic rings. The summed E-state index contributed by atoms with van der Waals surface area (Å²) < 4.78 is 26.9. The second kappa shape index (κ2) is 4.67. The summed E-state index contributed by atoms with van der Waals surface area (Å²) >= 11 is 0. The summed E-state index contributed by atoms with van der Waals surface area (Å²) in [6.45, 7) is 1.63. The van der Waals surface area contributed by atoms with Crippen molar-refractivity contribution in [3.8, 4) is 0 Å². The van der Waals surface area contributed by atoms with Crippen LogP contribution in [0.3, 0.4) is 0 Å². The van der Waals surface area contributed by atoms with Crippen molar-refractivity contribution in [3.63, 3.8) is 0 Å². The number of rotatable bonds is 3. The highest BCUT2D eigenvalue weighted by molar-refractivity contribution is 7.92. The molecule has 1 aromatic heterocycles. The fourth-order valence-corrected chi connectivity index (χ4v) is 3.22. The number of hydrogen-bond acceptors (Lipinski definition) is 4. The number of nitrogens with one attached hydrogen (secondary N) is 3. The normalized spacial score (nSPS) is 14.9. The SMILES string of the molecule is O=S(=O)(Nc1cccc2c1CCNC2)c1cnc[nH]1. The third kappa shape index (κ3) is 2.34. The standard InChI is InChI=1S/C12H14N4O2S/c17-19(18,12-7-14-8-15-12)16-11-3-1-2-9-6-13-5-4-10(9)11/h1-3,7-8,13,16H,4-6H2,(H,14,15). The van der Waals surface area contributed by atoms with E-state index < -0.39 is 10.0 Å². The van der Waals surface area contributed by atoms with Gasteiger partial charge in [-0.05, 0) is 30.2 Å². The van der Waals surface area contributed by atoms with Gasteiger partial charge in [0.1, 0.15) is 0 Å². The second-order valence-corrected chi connectivity index (χ2v) is 6.04. The number of nitrogens with zero attached hydrogens (tertiary/aromatic N) is 1. The van der Waals surface area contributed by atoms with Crippen molar-refractivity contribution >= 4 is 15.7 Å². The Labute approximate surface area is 111 Å². The van der Waals surface area contributed by atoms with E-state index in [2.05, 4.69) is 20.0 Å². The number of hydrogen-bond donors (Lipinski definition) is 3.